The molecule has 0 spiro atoms. The van der Waals surface area contributed by atoms with E-state index in [4.69, 9.17) is 23.2 Å². The minimum Gasteiger partial charge on any atom is -0.340 e. The zero-order valence-electron chi connectivity index (χ0n) is 12.8. The maximum atomic E-state index is 12.9. The van der Waals surface area contributed by atoms with E-state index < -0.39 is 5.82 Å². The number of hydrogen-bond acceptors (Lipinski definition) is 3. The molecule has 0 atom stereocenters. The van der Waals surface area contributed by atoms with Crippen LogP contribution >= 0.6 is 23.2 Å². The van der Waals surface area contributed by atoms with Gasteiger partial charge in [0.1, 0.15) is 11.6 Å². The Balaban J connectivity index is 1.67. The molecule has 0 unspecified atom stereocenters. The number of rotatable bonds is 4. The Bertz CT molecular complexity index is 879. The largest absolute Gasteiger partial charge is 0.340 e. The summed E-state index contributed by atoms with van der Waals surface area (Å²) in [6.07, 6.45) is 1.51. The first-order valence-electron chi connectivity index (χ1n) is 7.26. The van der Waals surface area contributed by atoms with Gasteiger partial charge < -0.3 is 10.6 Å². The monoisotopic (exact) mass is 375 g/mol. The molecule has 0 saturated heterocycles. The van der Waals surface area contributed by atoms with Crippen molar-refractivity contribution in [3.05, 3.63) is 82.2 Å². The van der Waals surface area contributed by atoms with Gasteiger partial charge in [-0.25, -0.2) is 9.37 Å². The number of anilines is 3. The zero-order valence-corrected chi connectivity index (χ0v) is 14.3. The fourth-order valence-corrected chi connectivity index (χ4v) is 2.65. The summed E-state index contributed by atoms with van der Waals surface area (Å²) in [7, 11) is 0. The van der Waals surface area contributed by atoms with E-state index in [9.17, 15) is 9.18 Å². The van der Waals surface area contributed by atoms with Crippen LogP contribution in [0.3, 0.4) is 0 Å². The van der Waals surface area contributed by atoms with Crippen LogP contribution in [0.1, 0.15) is 10.4 Å². The fraction of sp³-hybridized carbons (Fsp3) is 0. The molecule has 4 nitrogen and oxygen atoms in total. The summed E-state index contributed by atoms with van der Waals surface area (Å²) in [5, 5.41) is 6.79. The van der Waals surface area contributed by atoms with Gasteiger partial charge in [-0.05, 0) is 54.6 Å². The third-order valence-corrected chi connectivity index (χ3v) is 3.70. The van der Waals surface area contributed by atoms with E-state index in [1.807, 2.05) is 0 Å². The molecule has 0 radical (unpaired) electrons. The number of carbonyl (C=O) groups is 1. The standard InChI is InChI=1S/C18H12Cl2FN3O/c19-12-7-13(20)9-16(8-12)23-17-6-5-15(10-22-17)24-18(25)11-1-3-14(21)4-2-11/h1-10H,(H,22,23)(H,24,25). The predicted molar refractivity (Wildman–Crippen MR) is 98.3 cm³/mol. The Labute approximate surface area is 153 Å². The predicted octanol–water partition coefficient (Wildman–Crippen LogP) is 5.52. The Morgan fingerprint density at radius 3 is 2.20 bits per heavy atom. The first-order valence-corrected chi connectivity index (χ1v) is 8.01. The first kappa shape index (κ1) is 17.2. The van der Waals surface area contributed by atoms with Gasteiger partial charge in [0.05, 0.1) is 11.9 Å². The molecular formula is C18H12Cl2FN3O. The number of aromatic nitrogens is 1. The smallest absolute Gasteiger partial charge is 0.255 e. The van der Waals surface area contributed by atoms with Crippen molar-refractivity contribution in [1.29, 1.82) is 0 Å². The number of carbonyl (C=O) groups excluding carboxylic acids is 1. The molecule has 25 heavy (non-hydrogen) atoms. The topological polar surface area (TPSA) is 54.0 Å². The molecule has 3 aromatic rings. The summed E-state index contributed by atoms with van der Waals surface area (Å²) in [6, 6.07) is 13.8. The number of pyridine rings is 1. The summed E-state index contributed by atoms with van der Waals surface area (Å²) in [4.78, 5) is 16.3. The molecule has 0 aliphatic heterocycles. The van der Waals surface area contributed by atoms with Crippen LogP contribution in [-0.4, -0.2) is 10.9 Å². The van der Waals surface area contributed by atoms with Gasteiger partial charge in [0.2, 0.25) is 0 Å². The van der Waals surface area contributed by atoms with Crippen LogP contribution in [-0.2, 0) is 0 Å². The summed E-state index contributed by atoms with van der Waals surface area (Å²) in [5.41, 5.74) is 1.58. The molecular weight excluding hydrogens is 364 g/mol. The van der Waals surface area contributed by atoms with Crippen molar-refractivity contribution in [3.8, 4) is 0 Å². The van der Waals surface area contributed by atoms with Gasteiger partial charge in [-0.1, -0.05) is 23.2 Å². The van der Waals surface area contributed by atoms with Crippen LogP contribution < -0.4 is 10.6 Å². The number of nitrogens with one attached hydrogen (secondary N) is 2. The maximum absolute atomic E-state index is 12.9. The number of amides is 1. The fourth-order valence-electron chi connectivity index (χ4n) is 2.12. The Morgan fingerprint density at radius 1 is 0.920 bits per heavy atom. The normalized spacial score (nSPS) is 10.4. The molecule has 2 aromatic carbocycles. The molecule has 0 fully saturated rings. The van der Waals surface area contributed by atoms with E-state index in [1.54, 1.807) is 30.3 Å². The highest BCUT2D eigenvalue weighted by atomic mass is 35.5. The lowest BCUT2D eigenvalue weighted by molar-refractivity contribution is 0.102. The lowest BCUT2D eigenvalue weighted by Crippen LogP contribution is -2.12. The molecule has 1 aromatic heterocycles. The van der Waals surface area contributed by atoms with E-state index in [0.29, 0.717) is 32.8 Å². The molecule has 1 heterocycles. The maximum Gasteiger partial charge on any atom is 0.255 e. The van der Waals surface area contributed by atoms with Crippen LogP contribution in [0.4, 0.5) is 21.6 Å². The van der Waals surface area contributed by atoms with Crippen molar-refractivity contribution in [2.75, 3.05) is 10.6 Å². The van der Waals surface area contributed by atoms with E-state index in [1.165, 1.54) is 30.5 Å². The minimum absolute atomic E-state index is 0.343. The lowest BCUT2D eigenvalue weighted by Gasteiger charge is -2.09. The average molecular weight is 376 g/mol. The van der Waals surface area contributed by atoms with Gasteiger partial charge in [0.25, 0.3) is 5.91 Å². The van der Waals surface area contributed by atoms with Crippen LogP contribution in [0.5, 0.6) is 0 Å². The second-order valence-corrected chi connectivity index (χ2v) is 6.05. The Morgan fingerprint density at radius 2 is 1.60 bits per heavy atom. The van der Waals surface area contributed by atoms with Crippen molar-refractivity contribution in [3.63, 3.8) is 0 Å². The van der Waals surface area contributed by atoms with E-state index >= 15 is 0 Å². The molecule has 0 bridgehead atoms. The van der Waals surface area contributed by atoms with Crippen LogP contribution in [0.25, 0.3) is 0 Å². The van der Waals surface area contributed by atoms with Crippen molar-refractivity contribution in [2.45, 2.75) is 0 Å². The molecule has 3 rings (SSSR count). The van der Waals surface area contributed by atoms with Gasteiger partial charge in [-0.3, -0.25) is 4.79 Å². The van der Waals surface area contributed by atoms with E-state index in [2.05, 4.69) is 15.6 Å². The van der Waals surface area contributed by atoms with Crippen molar-refractivity contribution in [1.82, 2.24) is 4.98 Å². The molecule has 0 aliphatic rings. The summed E-state index contributed by atoms with van der Waals surface area (Å²) < 4.78 is 12.9. The number of halogens is 3. The number of hydrogen-bond donors (Lipinski definition) is 2. The molecule has 7 heteroatoms. The van der Waals surface area contributed by atoms with Gasteiger partial charge >= 0.3 is 0 Å². The number of benzene rings is 2. The third kappa shape index (κ3) is 4.68. The molecule has 1 amide bonds. The lowest BCUT2D eigenvalue weighted by atomic mass is 10.2. The molecule has 0 aliphatic carbocycles. The van der Waals surface area contributed by atoms with Crippen LogP contribution in [0.2, 0.25) is 10.0 Å². The third-order valence-electron chi connectivity index (χ3n) is 3.26. The second-order valence-electron chi connectivity index (χ2n) is 5.18. The van der Waals surface area contributed by atoms with Crippen LogP contribution in [0, 0.1) is 5.82 Å². The molecule has 126 valence electrons. The quantitative estimate of drug-likeness (QED) is 0.630. The first-order chi connectivity index (χ1) is 12.0. The van der Waals surface area contributed by atoms with Crippen molar-refractivity contribution < 1.29 is 9.18 Å². The molecule has 0 saturated carbocycles. The Hall–Kier alpha value is -2.63. The van der Waals surface area contributed by atoms with Crippen molar-refractivity contribution >= 4 is 46.3 Å². The average Bonchev–Trinajstić information content (AvgIpc) is 2.56. The zero-order chi connectivity index (χ0) is 17.8. The van der Waals surface area contributed by atoms with E-state index in [-0.39, 0.29) is 5.91 Å². The Kier molecular flexibility index (Phi) is 5.16. The molecule has 2 N–H and O–H groups in total. The minimum atomic E-state index is -0.394. The highest BCUT2D eigenvalue weighted by molar-refractivity contribution is 6.35. The highest BCUT2D eigenvalue weighted by Gasteiger charge is 2.07. The van der Waals surface area contributed by atoms with Gasteiger partial charge in [-0.2, -0.15) is 0 Å². The van der Waals surface area contributed by atoms with Gasteiger partial charge in [-0.15, -0.1) is 0 Å². The summed E-state index contributed by atoms with van der Waals surface area (Å²) >= 11 is 11.9. The SMILES string of the molecule is O=C(Nc1ccc(Nc2cc(Cl)cc(Cl)c2)nc1)c1ccc(F)cc1. The number of nitrogens with zero attached hydrogens (tertiary/aromatic N) is 1. The van der Waals surface area contributed by atoms with Gasteiger partial charge in [0, 0.05) is 21.3 Å². The summed E-state index contributed by atoms with van der Waals surface area (Å²) in [6.45, 7) is 0. The summed E-state index contributed by atoms with van der Waals surface area (Å²) in [5.74, 6) is -0.169. The second kappa shape index (κ2) is 7.51. The van der Waals surface area contributed by atoms with E-state index in [0.717, 1.165) is 0 Å². The van der Waals surface area contributed by atoms with Crippen LogP contribution in [0.15, 0.2) is 60.8 Å². The van der Waals surface area contributed by atoms with Gasteiger partial charge in [0.15, 0.2) is 0 Å². The van der Waals surface area contributed by atoms with Crippen molar-refractivity contribution in [2.24, 2.45) is 0 Å². The highest BCUT2D eigenvalue weighted by Crippen LogP contribution is 2.25.